The molecule has 0 bridgehead atoms. The standard InChI is InChI=1S/C17H21N5O2/c1-17(2,3)24-16(23)21-9-5-13(6-10-21)14-11-20-22(12-14)15-18-7-4-8-19-15/h4-5,7-8,11-12H,6,9-10H2,1-3H3. The van der Waals surface area contributed by atoms with Gasteiger partial charge in [0.2, 0.25) is 5.95 Å². The van der Waals surface area contributed by atoms with E-state index in [4.69, 9.17) is 4.74 Å². The molecule has 1 aliphatic heterocycles. The SMILES string of the molecule is CC(C)(C)OC(=O)N1CC=C(c2cnn(-c3ncccn3)c2)CC1. The highest BCUT2D eigenvalue weighted by molar-refractivity contribution is 5.72. The first-order valence-corrected chi connectivity index (χ1v) is 7.92. The molecule has 3 heterocycles. The summed E-state index contributed by atoms with van der Waals surface area (Å²) in [6, 6.07) is 1.77. The molecule has 0 saturated carbocycles. The van der Waals surface area contributed by atoms with Gasteiger partial charge in [-0.05, 0) is 38.8 Å². The van der Waals surface area contributed by atoms with E-state index in [1.54, 1.807) is 34.2 Å². The molecular weight excluding hydrogens is 306 g/mol. The van der Waals surface area contributed by atoms with Gasteiger partial charge in [0.05, 0.1) is 6.20 Å². The largest absolute Gasteiger partial charge is 0.444 e. The fourth-order valence-corrected chi connectivity index (χ4v) is 2.43. The third-order valence-electron chi connectivity index (χ3n) is 3.57. The molecule has 0 saturated heterocycles. The van der Waals surface area contributed by atoms with Gasteiger partial charge in [-0.25, -0.2) is 19.4 Å². The molecule has 7 nitrogen and oxygen atoms in total. The highest BCUT2D eigenvalue weighted by Gasteiger charge is 2.24. The Morgan fingerprint density at radius 2 is 2.00 bits per heavy atom. The van der Waals surface area contributed by atoms with Crippen LogP contribution in [0.25, 0.3) is 11.5 Å². The summed E-state index contributed by atoms with van der Waals surface area (Å²) in [6.45, 7) is 6.79. The van der Waals surface area contributed by atoms with Crippen LogP contribution in [0.1, 0.15) is 32.8 Å². The maximum absolute atomic E-state index is 12.1. The van der Waals surface area contributed by atoms with Crippen molar-refractivity contribution in [3.05, 3.63) is 42.5 Å². The van der Waals surface area contributed by atoms with E-state index < -0.39 is 5.60 Å². The summed E-state index contributed by atoms with van der Waals surface area (Å²) in [5.74, 6) is 0.538. The van der Waals surface area contributed by atoms with E-state index in [0.717, 1.165) is 17.6 Å². The first kappa shape index (κ1) is 16.2. The molecule has 7 heteroatoms. The van der Waals surface area contributed by atoms with Crippen LogP contribution in [-0.2, 0) is 4.74 Å². The maximum atomic E-state index is 12.1. The normalized spacial score (nSPS) is 15.1. The Kier molecular flexibility index (Phi) is 4.33. The minimum absolute atomic E-state index is 0.272. The lowest BCUT2D eigenvalue weighted by atomic mass is 10.0. The van der Waals surface area contributed by atoms with E-state index in [1.807, 2.05) is 33.0 Å². The number of carbonyl (C=O) groups excluding carboxylic acids is 1. The molecule has 1 amide bonds. The molecule has 0 spiro atoms. The summed E-state index contributed by atoms with van der Waals surface area (Å²) in [5.41, 5.74) is 1.71. The Morgan fingerprint density at radius 1 is 1.25 bits per heavy atom. The van der Waals surface area contributed by atoms with E-state index in [0.29, 0.717) is 19.0 Å². The van der Waals surface area contributed by atoms with Gasteiger partial charge in [-0.1, -0.05) is 6.08 Å². The van der Waals surface area contributed by atoms with Crippen molar-refractivity contribution in [1.29, 1.82) is 0 Å². The molecule has 0 radical (unpaired) electrons. The van der Waals surface area contributed by atoms with Crippen LogP contribution in [0, 0.1) is 0 Å². The van der Waals surface area contributed by atoms with Crippen molar-refractivity contribution in [3.63, 3.8) is 0 Å². The Labute approximate surface area is 141 Å². The molecule has 2 aromatic rings. The fraction of sp³-hybridized carbons (Fsp3) is 0.412. The Balaban J connectivity index is 1.68. The Hall–Kier alpha value is -2.70. The molecule has 126 valence electrons. The molecule has 1 aliphatic rings. The first-order chi connectivity index (χ1) is 11.4. The van der Waals surface area contributed by atoms with E-state index in [-0.39, 0.29) is 6.09 Å². The predicted octanol–water partition coefficient (Wildman–Crippen LogP) is 2.69. The quantitative estimate of drug-likeness (QED) is 0.848. The van der Waals surface area contributed by atoms with Gasteiger partial charge in [0.1, 0.15) is 5.60 Å². The van der Waals surface area contributed by atoms with Gasteiger partial charge in [0.25, 0.3) is 0 Å². The lowest BCUT2D eigenvalue weighted by molar-refractivity contribution is 0.0270. The molecule has 2 aromatic heterocycles. The van der Waals surface area contributed by atoms with Crippen LogP contribution in [0.2, 0.25) is 0 Å². The second-order valence-corrected chi connectivity index (χ2v) is 6.63. The number of nitrogens with zero attached hydrogens (tertiary/aromatic N) is 5. The molecule has 0 unspecified atom stereocenters. The van der Waals surface area contributed by atoms with Crippen LogP contribution in [0.5, 0.6) is 0 Å². The molecular formula is C17H21N5O2. The second-order valence-electron chi connectivity index (χ2n) is 6.63. The predicted molar refractivity (Wildman–Crippen MR) is 89.6 cm³/mol. The smallest absolute Gasteiger partial charge is 0.410 e. The molecule has 0 atom stereocenters. The molecule has 0 fully saturated rings. The lowest BCUT2D eigenvalue weighted by Gasteiger charge is -2.29. The summed E-state index contributed by atoms with van der Waals surface area (Å²) < 4.78 is 7.05. The molecule has 0 aromatic carbocycles. The third kappa shape index (κ3) is 3.79. The lowest BCUT2D eigenvalue weighted by Crippen LogP contribution is -2.39. The fourth-order valence-electron chi connectivity index (χ4n) is 2.43. The van der Waals surface area contributed by atoms with Gasteiger partial charge >= 0.3 is 6.09 Å². The number of rotatable bonds is 2. The number of amides is 1. The highest BCUT2D eigenvalue weighted by atomic mass is 16.6. The molecule has 24 heavy (non-hydrogen) atoms. The number of hydrogen-bond donors (Lipinski definition) is 0. The van der Waals surface area contributed by atoms with Crippen LogP contribution < -0.4 is 0 Å². The van der Waals surface area contributed by atoms with E-state index in [2.05, 4.69) is 15.1 Å². The topological polar surface area (TPSA) is 73.1 Å². The zero-order chi connectivity index (χ0) is 17.2. The van der Waals surface area contributed by atoms with Gasteiger partial charge in [-0.3, -0.25) is 0 Å². The van der Waals surface area contributed by atoms with Crippen LogP contribution in [0.3, 0.4) is 0 Å². The summed E-state index contributed by atoms with van der Waals surface area (Å²) in [7, 11) is 0. The van der Waals surface area contributed by atoms with Crippen molar-refractivity contribution in [2.75, 3.05) is 13.1 Å². The van der Waals surface area contributed by atoms with Crippen molar-refractivity contribution >= 4 is 11.7 Å². The van der Waals surface area contributed by atoms with E-state index in [1.165, 1.54) is 0 Å². The van der Waals surface area contributed by atoms with Gasteiger partial charge in [0, 0.05) is 37.2 Å². The first-order valence-electron chi connectivity index (χ1n) is 7.92. The summed E-state index contributed by atoms with van der Waals surface area (Å²) >= 11 is 0. The zero-order valence-electron chi connectivity index (χ0n) is 14.1. The van der Waals surface area contributed by atoms with Gasteiger partial charge in [-0.15, -0.1) is 0 Å². The maximum Gasteiger partial charge on any atom is 0.410 e. The Bertz CT molecular complexity index is 746. The summed E-state index contributed by atoms with van der Waals surface area (Å²) in [6.07, 6.45) is 9.60. The third-order valence-corrected chi connectivity index (χ3v) is 3.57. The van der Waals surface area contributed by atoms with Crippen LogP contribution in [-0.4, -0.2) is 49.4 Å². The highest BCUT2D eigenvalue weighted by Crippen LogP contribution is 2.23. The number of ether oxygens (including phenoxy) is 1. The minimum atomic E-state index is -0.474. The molecule has 3 rings (SSSR count). The average molecular weight is 327 g/mol. The van der Waals surface area contributed by atoms with E-state index >= 15 is 0 Å². The van der Waals surface area contributed by atoms with Crippen LogP contribution in [0.15, 0.2) is 36.9 Å². The van der Waals surface area contributed by atoms with Gasteiger partial charge in [0.15, 0.2) is 0 Å². The average Bonchev–Trinajstić information content (AvgIpc) is 3.04. The van der Waals surface area contributed by atoms with Crippen molar-refractivity contribution in [2.45, 2.75) is 32.8 Å². The van der Waals surface area contributed by atoms with Crippen LogP contribution in [0.4, 0.5) is 4.79 Å². The molecule has 0 N–H and O–H groups in total. The molecule has 0 aliphatic carbocycles. The van der Waals surface area contributed by atoms with Crippen molar-refractivity contribution < 1.29 is 9.53 Å². The van der Waals surface area contributed by atoms with Crippen LogP contribution >= 0.6 is 0 Å². The number of carbonyl (C=O) groups is 1. The second kappa shape index (κ2) is 6.43. The summed E-state index contributed by atoms with van der Waals surface area (Å²) in [4.78, 5) is 22.1. The monoisotopic (exact) mass is 327 g/mol. The van der Waals surface area contributed by atoms with E-state index in [9.17, 15) is 4.79 Å². The van der Waals surface area contributed by atoms with Gasteiger partial charge < -0.3 is 9.64 Å². The van der Waals surface area contributed by atoms with Crippen molar-refractivity contribution in [1.82, 2.24) is 24.6 Å². The zero-order valence-corrected chi connectivity index (χ0v) is 14.1. The van der Waals surface area contributed by atoms with Gasteiger partial charge in [-0.2, -0.15) is 5.10 Å². The Morgan fingerprint density at radius 3 is 2.62 bits per heavy atom. The van der Waals surface area contributed by atoms with Crippen molar-refractivity contribution in [2.24, 2.45) is 0 Å². The number of hydrogen-bond acceptors (Lipinski definition) is 5. The van der Waals surface area contributed by atoms with Crippen molar-refractivity contribution in [3.8, 4) is 5.95 Å². The summed E-state index contributed by atoms with van der Waals surface area (Å²) in [5, 5.41) is 4.31. The number of aromatic nitrogens is 4. The minimum Gasteiger partial charge on any atom is -0.444 e.